The second-order valence-corrected chi connectivity index (χ2v) is 6.21. The summed E-state index contributed by atoms with van der Waals surface area (Å²) in [7, 11) is 1.23. The summed E-state index contributed by atoms with van der Waals surface area (Å²) in [6, 6.07) is 0. The van der Waals surface area contributed by atoms with Gasteiger partial charge in [0.25, 0.3) is 0 Å². The maximum atomic E-state index is 13.5. The lowest BCUT2D eigenvalue weighted by Gasteiger charge is -2.41. The van der Waals surface area contributed by atoms with Crippen LogP contribution in [0.25, 0.3) is 0 Å². The fourth-order valence-electron chi connectivity index (χ4n) is 1.80. The minimum absolute atomic E-state index is 0.00340. The van der Waals surface area contributed by atoms with Gasteiger partial charge in [0.1, 0.15) is 6.61 Å². The van der Waals surface area contributed by atoms with Crippen molar-refractivity contribution in [3.05, 3.63) is 11.9 Å². The highest BCUT2D eigenvalue weighted by atomic mass is 19.4. The van der Waals surface area contributed by atoms with Crippen LogP contribution in [0.4, 0.5) is 70.2 Å². The third kappa shape index (κ3) is 5.88. The molecule has 0 aliphatic rings. The number of ether oxygens (including phenoxy) is 3. The number of carbonyl (C=O) groups excluding carboxylic acids is 1. The van der Waals surface area contributed by atoms with Gasteiger partial charge in [0.05, 0.1) is 25.9 Å². The van der Waals surface area contributed by atoms with Gasteiger partial charge in [-0.25, -0.2) is 9.18 Å². The molecule has 208 valence electrons. The molecule has 0 heterocycles. The van der Waals surface area contributed by atoms with Crippen molar-refractivity contribution in [2.45, 2.75) is 41.7 Å². The Hall–Kier alpha value is -1.99. The van der Waals surface area contributed by atoms with Crippen molar-refractivity contribution in [3.8, 4) is 0 Å². The fraction of sp³-hybridized carbons (Fsp3) is 0.800. The van der Waals surface area contributed by atoms with Crippen LogP contribution in [0.3, 0.4) is 0 Å². The van der Waals surface area contributed by atoms with Gasteiger partial charge in [0, 0.05) is 7.11 Å². The van der Waals surface area contributed by atoms with Crippen LogP contribution < -0.4 is 0 Å². The predicted molar refractivity (Wildman–Crippen MR) is 78.6 cm³/mol. The lowest BCUT2D eigenvalue weighted by molar-refractivity contribution is -0.450. The average Bonchev–Trinajstić information content (AvgIpc) is 2.68. The third-order valence-electron chi connectivity index (χ3n) is 3.78. The van der Waals surface area contributed by atoms with E-state index in [0.29, 0.717) is 0 Å². The fourth-order valence-corrected chi connectivity index (χ4v) is 1.80. The molecule has 0 spiro atoms. The highest BCUT2D eigenvalue weighted by Crippen LogP contribution is 2.63. The van der Waals surface area contributed by atoms with Crippen molar-refractivity contribution < 1.29 is 89.3 Å². The molecule has 0 N–H and O–H groups in total. The van der Waals surface area contributed by atoms with E-state index < -0.39 is 72.8 Å². The maximum Gasteiger partial charge on any atom is 0.460 e. The zero-order valence-electron chi connectivity index (χ0n) is 16.6. The summed E-state index contributed by atoms with van der Waals surface area (Å²) in [6.07, 6.45) is -9.07. The van der Waals surface area contributed by atoms with Gasteiger partial charge in [-0.1, -0.05) is 0 Å². The Morgan fingerprint density at radius 2 is 1.03 bits per heavy atom. The number of methoxy groups -OCH3 is 1. The average molecular weight is 560 g/mol. The quantitative estimate of drug-likeness (QED) is 0.131. The number of allylic oxidation sites excluding steroid dienone is 1. The molecule has 0 aromatic carbocycles. The molecule has 0 saturated carbocycles. The van der Waals surface area contributed by atoms with Crippen LogP contribution in [-0.4, -0.2) is 81.2 Å². The zero-order valence-corrected chi connectivity index (χ0v) is 16.6. The van der Waals surface area contributed by atoms with Crippen molar-refractivity contribution in [3.63, 3.8) is 0 Å². The molecule has 20 heteroatoms. The Morgan fingerprint density at radius 1 is 0.629 bits per heavy atom. The minimum Gasteiger partial charge on any atom is -0.460 e. The molecule has 35 heavy (non-hydrogen) atoms. The molecule has 0 aromatic rings. The highest BCUT2D eigenvalue weighted by Gasteiger charge is 2.93. The smallest absolute Gasteiger partial charge is 0.460 e. The monoisotopic (exact) mass is 560 g/mol. The van der Waals surface area contributed by atoms with Gasteiger partial charge < -0.3 is 14.2 Å². The van der Waals surface area contributed by atoms with Gasteiger partial charge in [-0.15, -0.1) is 0 Å². The van der Waals surface area contributed by atoms with Crippen molar-refractivity contribution >= 4 is 5.97 Å². The van der Waals surface area contributed by atoms with Crippen LogP contribution in [0, 0.1) is 0 Å². The van der Waals surface area contributed by atoms with Gasteiger partial charge in [0.15, 0.2) is 5.83 Å². The second kappa shape index (κ2) is 10.6. The molecule has 0 fully saturated rings. The Bertz CT molecular complexity index is 759. The number of alkyl halides is 15. The number of esters is 1. The largest absolute Gasteiger partial charge is 0.460 e. The summed E-state index contributed by atoms with van der Waals surface area (Å²) in [6.45, 7) is -1.61. The molecule has 0 radical (unpaired) electrons. The number of halogens is 16. The van der Waals surface area contributed by atoms with Gasteiger partial charge in [-0.05, 0) is 0 Å². The zero-order chi connectivity index (χ0) is 28.3. The maximum absolute atomic E-state index is 13.5. The van der Waals surface area contributed by atoms with E-state index in [0.717, 1.165) is 0 Å². The van der Waals surface area contributed by atoms with E-state index in [9.17, 15) is 75.0 Å². The summed E-state index contributed by atoms with van der Waals surface area (Å²) in [4.78, 5) is 11.1. The Labute approximate surface area is 183 Å². The van der Waals surface area contributed by atoms with E-state index in [1.165, 1.54) is 7.11 Å². The van der Waals surface area contributed by atoms with Crippen molar-refractivity contribution in [2.24, 2.45) is 0 Å². The van der Waals surface area contributed by atoms with Crippen LogP contribution >= 0.6 is 0 Å². The minimum atomic E-state index is -8.56. The lowest BCUT2D eigenvalue weighted by Crippen LogP contribution is -2.72. The first-order valence-electron chi connectivity index (χ1n) is 8.32. The van der Waals surface area contributed by atoms with Gasteiger partial charge in [-0.2, -0.15) is 65.9 Å². The van der Waals surface area contributed by atoms with E-state index >= 15 is 0 Å². The molecule has 0 rings (SSSR count). The van der Waals surface area contributed by atoms with Crippen molar-refractivity contribution in [1.82, 2.24) is 0 Å². The van der Waals surface area contributed by atoms with Crippen LogP contribution in [0.2, 0.25) is 0 Å². The predicted octanol–water partition coefficient (Wildman–Crippen LogP) is 5.42. The Kier molecular flexibility index (Phi) is 9.95. The van der Waals surface area contributed by atoms with Crippen LogP contribution in [0.15, 0.2) is 11.9 Å². The Morgan fingerprint density at radius 3 is 1.46 bits per heavy atom. The van der Waals surface area contributed by atoms with E-state index in [2.05, 4.69) is 14.2 Å². The first kappa shape index (κ1) is 33.0. The van der Waals surface area contributed by atoms with Crippen LogP contribution in [-0.2, 0) is 19.0 Å². The molecule has 0 aromatic heterocycles. The van der Waals surface area contributed by atoms with E-state index in [-0.39, 0.29) is 13.2 Å². The summed E-state index contributed by atoms with van der Waals surface area (Å²) in [5, 5.41) is 0. The van der Waals surface area contributed by atoms with E-state index in [1.807, 2.05) is 0 Å². The van der Waals surface area contributed by atoms with E-state index in [1.54, 1.807) is 0 Å². The number of hydrogen-bond acceptors (Lipinski definition) is 4. The molecule has 4 nitrogen and oxygen atoms in total. The molecular formula is C15H12F16O4. The second-order valence-electron chi connectivity index (χ2n) is 6.21. The summed E-state index contributed by atoms with van der Waals surface area (Å²) in [5.41, 5.74) is 0. The van der Waals surface area contributed by atoms with Gasteiger partial charge >= 0.3 is 47.7 Å². The number of rotatable bonds is 13. The molecule has 0 atom stereocenters. The standard InChI is InChI=1S/C15H12F16O4/c1-33-2-3-34-4-5-35-8(32)6-7(16)9(17,18)10(19,20)11(21,22)12(23,24)13(25,26)14(27,28)15(29,30)31/h6H,2-5H2,1H3/b7-6-. The molecule has 0 saturated heterocycles. The SMILES string of the molecule is COCCOCCOC(=O)/C=C(\F)C(F)(F)C(F)(F)C(F)(F)C(F)(F)C(F)(F)C(F)(F)C(F)(F)F. The topological polar surface area (TPSA) is 44.8 Å². The van der Waals surface area contributed by atoms with E-state index in [4.69, 9.17) is 0 Å². The highest BCUT2D eigenvalue weighted by molar-refractivity contribution is 5.82. The van der Waals surface area contributed by atoms with Gasteiger partial charge in [-0.3, -0.25) is 0 Å². The first-order valence-corrected chi connectivity index (χ1v) is 8.32. The normalized spacial score (nSPS) is 15.4. The summed E-state index contributed by atoms with van der Waals surface area (Å²) in [5.74, 6) is -55.5. The Balaban J connectivity index is 6.01. The summed E-state index contributed by atoms with van der Waals surface area (Å²) >= 11 is 0. The van der Waals surface area contributed by atoms with Crippen molar-refractivity contribution in [1.29, 1.82) is 0 Å². The third-order valence-corrected chi connectivity index (χ3v) is 3.78. The molecule has 0 aliphatic carbocycles. The lowest BCUT2D eigenvalue weighted by atomic mass is 9.90. The van der Waals surface area contributed by atoms with Crippen molar-refractivity contribution in [2.75, 3.05) is 33.5 Å². The number of carbonyl (C=O) groups is 1. The molecule has 0 bridgehead atoms. The molecular weight excluding hydrogens is 548 g/mol. The summed E-state index contributed by atoms with van der Waals surface area (Å²) < 4.78 is 221. The van der Waals surface area contributed by atoms with Crippen LogP contribution in [0.1, 0.15) is 0 Å². The molecule has 0 unspecified atom stereocenters. The molecule has 0 aliphatic heterocycles. The first-order chi connectivity index (χ1) is 15.4. The molecule has 0 amide bonds. The number of hydrogen-bond donors (Lipinski definition) is 0. The van der Waals surface area contributed by atoms with Crippen LogP contribution in [0.5, 0.6) is 0 Å². The van der Waals surface area contributed by atoms with Gasteiger partial charge in [0.2, 0.25) is 0 Å².